The van der Waals surface area contributed by atoms with Crippen molar-refractivity contribution in [2.24, 2.45) is 0 Å². The number of phosphoric acid groups is 1. The number of unbranched alkanes of at least 4 members (excludes halogenated alkanes) is 9. The highest BCUT2D eigenvalue weighted by molar-refractivity contribution is 7.49. The number of nitrogen functional groups attached to an aromatic ring is 2. The first-order valence-corrected chi connectivity index (χ1v) is 30.0. The third kappa shape index (κ3) is 12.0. The Bertz CT molecular complexity index is 3150. The summed E-state index contributed by atoms with van der Waals surface area (Å²) in [5, 5.41) is 30.9. The number of anilines is 2. The molecule has 0 bridgehead atoms. The summed E-state index contributed by atoms with van der Waals surface area (Å²) in [6.07, 6.45) is 10.5. The molecule has 0 unspecified atom stereocenters. The quantitative estimate of drug-likeness (QED) is 0.0377. The van der Waals surface area contributed by atoms with Crippen LogP contribution in [0.15, 0.2) is 73.3 Å². The van der Waals surface area contributed by atoms with Gasteiger partial charge in [0.15, 0.2) is 34.7 Å². The zero-order chi connectivity index (χ0) is 57.2. The molecular formula is C57H69Cl2N10O11P. The van der Waals surface area contributed by atoms with E-state index in [9.17, 15) is 10.5 Å². The Hall–Kier alpha value is -5.65. The van der Waals surface area contributed by atoms with Gasteiger partial charge in [0.2, 0.25) is 11.2 Å². The Balaban J connectivity index is 0.874. The molecule has 0 saturated carbocycles. The van der Waals surface area contributed by atoms with Crippen LogP contribution in [0, 0.1) is 22.7 Å². The van der Waals surface area contributed by atoms with Crippen molar-refractivity contribution in [1.29, 1.82) is 10.5 Å². The number of hydrogen-bond acceptors (Lipinski definition) is 19. The Morgan fingerprint density at radius 2 is 1.05 bits per heavy atom. The molecule has 24 heteroatoms. The molecule has 8 heterocycles. The summed E-state index contributed by atoms with van der Waals surface area (Å²) in [6, 6.07) is 21.6. The molecule has 4 fully saturated rings. The first kappa shape index (κ1) is 58.5. The predicted octanol–water partition coefficient (Wildman–Crippen LogP) is 10.9. The van der Waals surface area contributed by atoms with E-state index in [1.54, 1.807) is 88.4 Å². The van der Waals surface area contributed by atoms with Crippen molar-refractivity contribution in [1.82, 2.24) is 29.2 Å². The maximum Gasteiger partial charge on any atom is 0.587 e. The molecule has 4 aromatic heterocycles. The average molecular weight is 1170 g/mol. The molecule has 432 valence electrons. The molecular weight excluding hydrogens is 1100 g/mol. The second-order valence-electron chi connectivity index (χ2n) is 21.8. The van der Waals surface area contributed by atoms with Crippen molar-refractivity contribution in [3.63, 3.8) is 0 Å². The lowest BCUT2D eigenvalue weighted by atomic mass is 9.91. The molecule has 4 aliphatic heterocycles. The summed E-state index contributed by atoms with van der Waals surface area (Å²) in [7, 11) is -4.67. The minimum absolute atomic E-state index is 0.0269. The minimum Gasteiger partial charge on any atom is -0.393 e. The highest BCUT2D eigenvalue weighted by atomic mass is 35.5. The lowest BCUT2D eigenvalue weighted by Gasteiger charge is -2.29. The van der Waals surface area contributed by atoms with Crippen LogP contribution in [0.4, 0.5) is 11.6 Å². The maximum atomic E-state index is 15.3. The molecule has 4 saturated heterocycles. The van der Waals surface area contributed by atoms with E-state index < -0.39 is 67.2 Å². The van der Waals surface area contributed by atoms with E-state index in [2.05, 4.69) is 39.2 Å². The fourth-order valence-corrected chi connectivity index (χ4v) is 13.3. The maximum absolute atomic E-state index is 15.3. The Morgan fingerprint density at radius 1 is 0.605 bits per heavy atom. The van der Waals surface area contributed by atoms with Gasteiger partial charge in [-0.3, -0.25) is 4.52 Å². The number of fused-ring (bicyclic) bond motifs is 4. The summed E-state index contributed by atoms with van der Waals surface area (Å²) < 4.78 is 82.0. The second-order valence-corrected chi connectivity index (χ2v) is 24.1. The predicted molar refractivity (Wildman–Crippen MR) is 299 cm³/mol. The van der Waals surface area contributed by atoms with E-state index in [1.165, 1.54) is 73.1 Å². The van der Waals surface area contributed by atoms with Crippen molar-refractivity contribution in [3.8, 4) is 23.6 Å². The van der Waals surface area contributed by atoms with Crippen LogP contribution < -0.4 is 20.5 Å². The van der Waals surface area contributed by atoms with Crippen LogP contribution in [-0.4, -0.2) is 97.2 Å². The Labute approximate surface area is 480 Å². The molecule has 21 nitrogen and oxygen atoms in total. The van der Waals surface area contributed by atoms with Crippen LogP contribution in [0.5, 0.6) is 11.5 Å². The van der Waals surface area contributed by atoms with E-state index in [0.717, 1.165) is 12.8 Å². The third-order valence-corrected chi connectivity index (χ3v) is 17.4. The van der Waals surface area contributed by atoms with Crippen molar-refractivity contribution < 1.29 is 51.3 Å². The second kappa shape index (κ2) is 24.3. The Kier molecular flexibility index (Phi) is 17.6. The van der Waals surface area contributed by atoms with Gasteiger partial charge in [0.05, 0.1) is 40.2 Å². The van der Waals surface area contributed by atoms with Gasteiger partial charge in [0, 0.05) is 26.1 Å². The number of phosphoric ester groups is 1. The highest BCUT2D eigenvalue weighted by Gasteiger charge is 2.66. The van der Waals surface area contributed by atoms with E-state index >= 15 is 4.57 Å². The SMILES string of the molecule is CCCCCCCCCCCCOCCCOP(=O)(Oc1cccc(C[C@H]2O[C@@](C#N)(c3ccc4c(N)ncnn34)[C@@H]3OC(C)(C)O[C@@H]32)c1Cl)Oc1cccc(C[C@H]2O[C@@](C#N)(c3ccc4c(N)ncnn34)[C@@H]3OC(C)(C)O[C@@H]32)c1Cl. The smallest absolute Gasteiger partial charge is 0.393 e. The van der Waals surface area contributed by atoms with Gasteiger partial charge in [-0.25, -0.2) is 23.6 Å². The lowest BCUT2D eigenvalue weighted by Crippen LogP contribution is -2.40. The average Bonchev–Trinajstić information content (AvgIpc) is 4.46. The number of aromatic nitrogens is 6. The molecule has 4 aliphatic rings. The fraction of sp³-hybridized carbons (Fsp3) is 0.544. The number of benzene rings is 2. The number of rotatable bonds is 26. The molecule has 4 N–H and O–H groups in total. The number of nitriles is 2. The van der Waals surface area contributed by atoms with Gasteiger partial charge in [0.25, 0.3) is 0 Å². The first-order valence-electron chi connectivity index (χ1n) is 27.8. The Morgan fingerprint density at radius 3 is 1.51 bits per heavy atom. The highest BCUT2D eigenvalue weighted by Crippen LogP contribution is 2.56. The van der Waals surface area contributed by atoms with Gasteiger partial charge in [-0.05, 0) is 88.1 Å². The van der Waals surface area contributed by atoms with Crippen LogP contribution in [0.2, 0.25) is 10.0 Å². The van der Waals surface area contributed by atoms with Gasteiger partial charge in [0.1, 0.15) is 60.2 Å². The topological polar surface area (TPSA) is 269 Å². The van der Waals surface area contributed by atoms with Crippen LogP contribution in [0.1, 0.15) is 128 Å². The normalized spacial score (nSPS) is 25.5. The minimum atomic E-state index is -4.67. The largest absolute Gasteiger partial charge is 0.587 e. The van der Waals surface area contributed by atoms with E-state index in [0.29, 0.717) is 53.2 Å². The standard InChI is InChI=1S/C57H69Cl2N10O11P/c1-6-7-8-9-10-11-12-13-14-15-27-71-28-18-29-72-81(70,79-40-21-16-19-36(46(40)58)30-42-48-50(77-54(2,3)75-48)56(32-60,73-42)44-25-23-38-52(62)64-34-66-68(38)44)80-41-22-17-20-37(47(41)59)31-43-49-51(78-55(4,5)76-49)57(33-61,74-43)45-26-24-39-53(63)65-35-67-69(39)45/h16-17,19-26,34-35,42-43,48-51H,6-15,18,27-31H2,1-5H3,(H2,62,64,66)(H2,63,65,67)/t42-,43-,48-,49-,50-,51-,56+,57+/m1/s1. The first-order chi connectivity index (χ1) is 38.9. The molecule has 0 spiro atoms. The third-order valence-electron chi connectivity index (χ3n) is 15.2. The number of nitrogens with zero attached hydrogens (tertiary/aromatic N) is 8. The van der Waals surface area contributed by atoms with Crippen LogP contribution in [-0.2, 0) is 66.3 Å². The molecule has 81 heavy (non-hydrogen) atoms. The lowest BCUT2D eigenvalue weighted by molar-refractivity contribution is -0.201. The van der Waals surface area contributed by atoms with Gasteiger partial charge in [-0.2, -0.15) is 20.7 Å². The number of halogens is 2. The van der Waals surface area contributed by atoms with Crippen molar-refractivity contribution in [2.75, 3.05) is 31.3 Å². The molecule has 8 atom stereocenters. The fourth-order valence-electron chi connectivity index (χ4n) is 11.4. The van der Waals surface area contributed by atoms with Crippen molar-refractivity contribution in [2.45, 2.75) is 177 Å². The molecule has 0 radical (unpaired) electrons. The van der Waals surface area contributed by atoms with Gasteiger partial charge in [-0.15, -0.1) is 0 Å². The summed E-state index contributed by atoms with van der Waals surface area (Å²) in [5.41, 5.74) is 11.7. The van der Waals surface area contributed by atoms with Crippen LogP contribution >= 0.6 is 31.0 Å². The summed E-state index contributed by atoms with van der Waals surface area (Å²) in [6.45, 7) is 10.2. The zero-order valence-corrected chi connectivity index (χ0v) is 48.5. The van der Waals surface area contributed by atoms with Gasteiger partial charge < -0.3 is 53.7 Å². The van der Waals surface area contributed by atoms with Gasteiger partial charge >= 0.3 is 7.82 Å². The summed E-state index contributed by atoms with van der Waals surface area (Å²) in [5.74, 6) is -1.77. The molecule has 6 aromatic rings. The van der Waals surface area contributed by atoms with Crippen molar-refractivity contribution >= 4 is 53.7 Å². The number of nitrogens with two attached hydrogens (primary N) is 2. The monoisotopic (exact) mass is 1170 g/mol. The summed E-state index contributed by atoms with van der Waals surface area (Å²) in [4.78, 5) is 8.20. The molecule has 0 amide bonds. The molecule has 0 aliphatic carbocycles. The molecule has 10 rings (SSSR count). The van der Waals surface area contributed by atoms with Crippen LogP contribution in [0.3, 0.4) is 0 Å². The van der Waals surface area contributed by atoms with E-state index in [1.807, 2.05) is 0 Å². The van der Waals surface area contributed by atoms with E-state index in [-0.39, 0.29) is 52.6 Å². The van der Waals surface area contributed by atoms with Crippen molar-refractivity contribution in [3.05, 3.63) is 106 Å². The van der Waals surface area contributed by atoms with E-state index in [4.69, 9.17) is 81.4 Å². The number of hydrogen-bond donors (Lipinski definition) is 2. The zero-order valence-electron chi connectivity index (χ0n) is 46.1. The number of ether oxygens (including phenoxy) is 7. The van der Waals surface area contributed by atoms with Gasteiger partial charge in [-0.1, -0.05) is 112 Å². The summed E-state index contributed by atoms with van der Waals surface area (Å²) >= 11 is 14.4. The van der Waals surface area contributed by atoms with Crippen LogP contribution in [0.25, 0.3) is 11.0 Å². The molecule has 2 aromatic carbocycles.